The molecule has 0 amide bonds. The number of nitrogens with zero attached hydrogens (tertiary/aromatic N) is 2. The van der Waals surface area contributed by atoms with Crippen molar-refractivity contribution in [3.8, 4) is 5.69 Å². The fourth-order valence-electron chi connectivity index (χ4n) is 1.72. The van der Waals surface area contributed by atoms with Crippen molar-refractivity contribution in [3.63, 3.8) is 0 Å². The smallest absolute Gasteiger partial charge is 0.360 e. The van der Waals surface area contributed by atoms with Gasteiger partial charge in [0.1, 0.15) is 11.5 Å². The Morgan fingerprint density at radius 3 is 2.75 bits per heavy atom. The molecule has 0 aliphatic carbocycles. The second-order valence-electron chi connectivity index (χ2n) is 3.99. The summed E-state index contributed by atoms with van der Waals surface area (Å²) < 4.78 is 19.2. The fraction of sp³-hybridized carbons (Fsp3) is 0.154. The van der Waals surface area contributed by atoms with Gasteiger partial charge in [-0.3, -0.25) is 4.79 Å². The number of hydrogen-bond donors (Lipinski definition) is 0. The number of benzene rings is 1. The predicted octanol–water partition coefficient (Wildman–Crippen LogP) is 2.12. The zero-order valence-corrected chi connectivity index (χ0v) is 11.4. The van der Waals surface area contributed by atoms with Gasteiger partial charge < -0.3 is 4.74 Å². The van der Waals surface area contributed by atoms with Gasteiger partial charge in [0, 0.05) is 6.07 Å². The van der Waals surface area contributed by atoms with Crippen LogP contribution in [0.3, 0.4) is 0 Å². The van der Waals surface area contributed by atoms with Crippen molar-refractivity contribution in [3.05, 3.63) is 56.7 Å². The fourth-order valence-corrected chi connectivity index (χ4v) is 1.93. The van der Waals surface area contributed by atoms with Crippen LogP contribution in [0.1, 0.15) is 16.1 Å². The van der Waals surface area contributed by atoms with E-state index in [2.05, 4.69) is 9.84 Å². The summed E-state index contributed by atoms with van der Waals surface area (Å²) in [4.78, 5) is 23.4. The van der Waals surface area contributed by atoms with Crippen LogP contribution in [0.15, 0.2) is 29.1 Å². The zero-order valence-electron chi connectivity index (χ0n) is 10.7. The minimum absolute atomic E-state index is 0.0284. The summed E-state index contributed by atoms with van der Waals surface area (Å²) in [7, 11) is 1.16. The molecule has 1 aromatic heterocycles. The van der Waals surface area contributed by atoms with E-state index in [-0.39, 0.29) is 16.4 Å². The average Bonchev–Trinajstić information content (AvgIpc) is 2.40. The molecule has 0 bridgehead atoms. The summed E-state index contributed by atoms with van der Waals surface area (Å²) >= 11 is 5.77. The molecule has 0 aliphatic heterocycles. The second kappa shape index (κ2) is 5.42. The Bertz CT molecular complexity index is 723. The van der Waals surface area contributed by atoms with Gasteiger partial charge in [0.25, 0.3) is 5.56 Å². The largest absolute Gasteiger partial charge is 0.464 e. The molecule has 0 fully saturated rings. The van der Waals surface area contributed by atoms with Crippen LogP contribution >= 0.6 is 11.6 Å². The number of esters is 1. The molecule has 0 unspecified atom stereocenters. The molecule has 0 aliphatic rings. The first-order valence-corrected chi connectivity index (χ1v) is 5.97. The molecule has 7 heteroatoms. The quantitative estimate of drug-likeness (QED) is 0.797. The highest BCUT2D eigenvalue weighted by molar-refractivity contribution is 6.33. The van der Waals surface area contributed by atoms with Gasteiger partial charge in [-0.15, -0.1) is 0 Å². The lowest BCUT2D eigenvalue weighted by atomic mass is 10.2. The van der Waals surface area contributed by atoms with E-state index in [9.17, 15) is 14.0 Å². The summed E-state index contributed by atoms with van der Waals surface area (Å²) in [6.45, 7) is 1.62. The first-order chi connectivity index (χ1) is 9.45. The van der Waals surface area contributed by atoms with Crippen LogP contribution < -0.4 is 5.56 Å². The van der Waals surface area contributed by atoms with Crippen molar-refractivity contribution in [2.45, 2.75) is 6.92 Å². The molecule has 5 nitrogen and oxygen atoms in total. The maximum atomic E-state index is 13.9. The third kappa shape index (κ3) is 2.42. The summed E-state index contributed by atoms with van der Waals surface area (Å²) in [6, 6.07) is 5.32. The summed E-state index contributed by atoms with van der Waals surface area (Å²) in [5.74, 6) is -1.43. The lowest BCUT2D eigenvalue weighted by molar-refractivity contribution is 0.0592. The highest BCUT2D eigenvalue weighted by Crippen LogP contribution is 2.18. The topological polar surface area (TPSA) is 61.2 Å². The molecule has 0 saturated heterocycles. The van der Waals surface area contributed by atoms with Gasteiger partial charge in [-0.2, -0.15) is 9.78 Å². The monoisotopic (exact) mass is 296 g/mol. The van der Waals surface area contributed by atoms with Crippen LogP contribution in [0.4, 0.5) is 4.39 Å². The number of aryl methyl sites for hydroxylation is 1. The van der Waals surface area contributed by atoms with Gasteiger partial charge in [-0.05, 0) is 18.6 Å². The highest BCUT2D eigenvalue weighted by atomic mass is 35.5. The SMILES string of the molecule is COC(=O)c1nn(-c2c(C)cccc2F)c(=O)cc1Cl. The van der Waals surface area contributed by atoms with Crippen LogP contribution in [0, 0.1) is 12.7 Å². The maximum absolute atomic E-state index is 13.9. The minimum Gasteiger partial charge on any atom is -0.464 e. The molecule has 2 aromatic rings. The molecule has 20 heavy (non-hydrogen) atoms. The number of para-hydroxylation sites is 1. The van der Waals surface area contributed by atoms with Gasteiger partial charge in [0.05, 0.1) is 12.1 Å². The molecule has 0 N–H and O–H groups in total. The van der Waals surface area contributed by atoms with Crippen molar-refractivity contribution < 1.29 is 13.9 Å². The molecule has 0 atom stereocenters. The number of ether oxygens (including phenoxy) is 1. The Morgan fingerprint density at radius 2 is 2.15 bits per heavy atom. The Hall–Kier alpha value is -2.21. The van der Waals surface area contributed by atoms with E-state index < -0.39 is 17.3 Å². The molecular weight excluding hydrogens is 287 g/mol. The van der Waals surface area contributed by atoms with Crippen LogP contribution in [0.2, 0.25) is 5.02 Å². The lowest BCUT2D eigenvalue weighted by Crippen LogP contribution is -2.25. The standard InChI is InChI=1S/C13H10ClFN2O3/c1-7-4-3-5-9(15)12(7)17-10(18)6-8(14)11(16-17)13(19)20-2/h3-6H,1-2H3. The van der Waals surface area contributed by atoms with Crippen molar-refractivity contribution in [1.29, 1.82) is 0 Å². The maximum Gasteiger partial charge on any atom is 0.360 e. The van der Waals surface area contributed by atoms with Crippen LogP contribution in [-0.4, -0.2) is 22.9 Å². The number of hydrogen-bond acceptors (Lipinski definition) is 4. The van der Waals surface area contributed by atoms with E-state index >= 15 is 0 Å². The molecular formula is C13H10ClFN2O3. The first-order valence-electron chi connectivity index (χ1n) is 5.59. The Labute approximate surface area is 118 Å². The van der Waals surface area contributed by atoms with E-state index in [1.54, 1.807) is 13.0 Å². The number of methoxy groups -OCH3 is 1. The van der Waals surface area contributed by atoms with Crippen molar-refractivity contribution in [2.75, 3.05) is 7.11 Å². The number of halogens is 2. The van der Waals surface area contributed by atoms with Crippen molar-refractivity contribution in [1.82, 2.24) is 9.78 Å². The number of aromatic nitrogens is 2. The van der Waals surface area contributed by atoms with Gasteiger partial charge in [0.15, 0.2) is 5.69 Å². The van der Waals surface area contributed by atoms with Gasteiger partial charge in [-0.25, -0.2) is 9.18 Å². The molecule has 0 radical (unpaired) electrons. The lowest BCUT2D eigenvalue weighted by Gasteiger charge is -2.10. The minimum atomic E-state index is -0.808. The van der Waals surface area contributed by atoms with E-state index in [1.165, 1.54) is 12.1 Å². The number of rotatable bonds is 2. The van der Waals surface area contributed by atoms with Crippen LogP contribution in [0.5, 0.6) is 0 Å². The third-order valence-corrected chi connectivity index (χ3v) is 2.95. The second-order valence-corrected chi connectivity index (χ2v) is 4.40. The molecule has 1 aromatic carbocycles. The Morgan fingerprint density at radius 1 is 1.45 bits per heavy atom. The van der Waals surface area contributed by atoms with Crippen molar-refractivity contribution in [2.24, 2.45) is 0 Å². The first kappa shape index (κ1) is 14.2. The predicted molar refractivity (Wildman–Crippen MR) is 70.9 cm³/mol. The van der Waals surface area contributed by atoms with E-state index in [4.69, 9.17) is 11.6 Å². The average molecular weight is 297 g/mol. The molecule has 0 spiro atoms. The Kier molecular flexibility index (Phi) is 3.85. The normalized spacial score (nSPS) is 10.4. The van der Waals surface area contributed by atoms with Gasteiger partial charge >= 0.3 is 5.97 Å². The zero-order chi connectivity index (χ0) is 14.9. The van der Waals surface area contributed by atoms with E-state index in [0.29, 0.717) is 5.56 Å². The number of carbonyl (C=O) groups excluding carboxylic acids is 1. The molecule has 0 saturated carbocycles. The third-order valence-electron chi connectivity index (χ3n) is 2.66. The summed E-state index contributed by atoms with van der Waals surface area (Å²) in [5, 5.41) is 3.65. The summed E-state index contributed by atoms with van der Waals surface area (Å²) in [6.07, 6.45) is 0. The highest BCUT2D eigenvalue weighted by Gasteiger charge is 2.18. The summed E-state index contributed by atoms with van der Waals surface area (Å²) in [5.41, 5.74) is -0.427. The molecule has 104 valence electrons. The number of carbonyl (C=O) groups is 1. The van der Waals surface area contributed by atoms with Crippen molar-refractivity contribution >= 4 is 17.6 Å². The molecule has 1 heterocycles. The Balaban J connectivity index is 2.75. The van der Waals surface area contributed by atoms with E-state index in [1.807, 2.05) is 0 Å². The molecule has 2 rings (SSSR count). The van der Waals surface area contributed by atoms with Gasteiger partial charge in [-0.1, -0.05) is 23.7 Å². The van der Waals surface area contributed by atoms with Crippen LogP contribution in [-0.2, 0) is 4.74 Å². The van der Waals surface area contributed by atoms with Crippen LogP contribution in [0.25, 0.3) is 5.69 Å². The van der Waals surface area contributed by atoms with Gasteiger partial charge in [0.2, 0.25) is 0 Å². The van der Waals surface area contributed by atoms with E-state index in [0.717, 1.165) is 17.9 Å².